The van der Waals surface area contributed by atoms with Gasteiger partial charge in [-0.05, 0) is 55.2 Å². The lowest BCUT2D eigenvalue weighted by atomic mass is 9.82. The van der Waals surface area contributed by atoms with Gasteiger partial charge in [-0.3, -0.25) is 4.68 Å². The largest absolute Gasteiger partial charge is 0.497 e. The van der Waals surface area contributed by atoms with Gasteiger partial charge in [0.25, 0.3) is 10.0 Å². The summed E-state index contributed by atoms with van der Waals surface area (Å²) in [5.41, 5.74) is 1.47. The van der Waals surface area contributed by atoms with Crippen molar-refractivity contribution >= 4 is 35.8 Å². The zero-order valence-corrected chi connectivity index (χ0v) is 32.3. The minimum Gasteiger partial charge on any atom is -0.497 e. The maximum atomic E-state index is 16.2. The molecule has 0 amide bonds. The van der Waals surface area contributed by atoms with E-state index in [9.17, 15) is 8.42 Å². The lowest BCUT2D eigenvalue weighted by Gasteiger charge is -2.43. The molecule has 3 atom stereocenters. The maximum Gasteiger partial charge on any atom is 0.268 e. The van der Waals surface area contributed by atoms with E-state index in [1.807, 2.05) is 17.8 Å². The van der Waals surface area contributed by atoms with Crippen molar-refractivity contribution in [3.63, 3.8) is 0 Å². The third-order valence-corrected chi connectivity index (χ3v) is 16.3. The fraction of sp³-hybridized carbons (Fsp3) is 0.457. The van der Waals surface area contributed by atoms with E-state index < -0.39 is 35.2 Å². The smallest absolute Gasteiger partial charge is 0.268 e. The molecular formula is C35H45ClFN5O6SSi. The summed E-state index contributed by atoms with van der Waals surface area (Å²) >= 11 is 6.75. The first-order valence-corrected chi connectivity index (χ1v) is 21.1. The summed E-state index contributed by atoms with van der Waals surface area (Å²) in [6.07, 6.45) is 6.00. The Morgan fingerprint density at radius 3 is 2.42 bits per heavy atom. The normalized spacial score (nSPS) is 18.5. The number of ether oxygens (including phenoxy) is 3. The Balaban J connectivity index is 1.48. The Morgan fingerprint density at radius 2 is 1.80 bits per heavy atom. The summed E-state index contributed by atoms with van der Waals surface area (Å²) in [7, 11) is -1.81. The van der Waals surface area contributed by atoms with E-state index in [0.717, 1.165) is 35.0 Å². The molecule has 1 aliphatic rings. The summed E-state index contributed by atoms with van der Waals surface area (Å²) in [5.74, 6) is -0.116. The second-order valence-electron chi connectivity index (χ2n) is 13.9. The molecule has 15 heteroatoms. The Morgan fingerprint density at radius 1 is 1.04 bits per heavy atom. The Labute approximate surface area is 299 Å². The third kappa shape index (κ3) is 7.93. The average molecular weight is 746 g/mol. The van der Waals surface area contributed by atoms with Crippen LogP contribution in [-0.4, -0.2) is 62.9 Å². The summed E-state index contributed by atoms with van der Waals surface area (Å²) in [6.45, 7) is 10.8. The minimum atomic E-state index is -4.58. The van der Waals surface area contributed by atoms with Gasteiger partial charge in [-0.15, -0.1) is 0 Å². The third-order valence-electron chi connectivity index (χ3n) is 9.71. The molecule has 1 saturated carbocycles. The molecule has 5 rings (SSSR count). The van der Waals surface area contributed by atoms with Crippen LogP contribution in [0.1, 0.15) is 57.2 Å². The van der Waals surface area contributed by atoms with E-state index in [1.165, 1.54) is 32.8 Å². The maximum absolute atomic E-state index is 16.2. The van der Waals surface area contributed by atoms with E-state index in [4.69, 9.17) is 30.2 Å². The van der Waals surface area contributed by atoms with Gasteiger partial charge >= 0.3 is 0 Å². The van der Waals surface area contributed by atoms with Gasteiger partial charge in [0, 0.05) is 67.3 Å². The molecule has 0 radical (unpaired) electrons. The molecule has 50 heavy (non-hydrogen) atoms. The molecule has 0 N–H and O–H groups in total. The zero-order chi connectivity index (χ0) is 36.4. The van der Waals surface area contributed by atoms with Crippen molar-refractivity contribution in [3.05, 3.63) is 83.3 Å². The lowest BCUT2D eigenvalue weighted by molar-refractivity contribution is 0.0429. The van der Waals surface area contributed by atoms with Crippen molar-refractivity contribution < 1.29 is 31.4 Å². The van der Waals surface area contributed by atoms with Crippen LogP contribution < -0.4 is 18.5 Å². The number of halogens is 2. The summed E-state index contributed by atoms with van der Waals surface area (Å²) < 4.78 is 71.6. The Bertz CT molecular complexity index is 1910. The number of benzene rings is 2. The molecule has 0 unspecified atom stereocenters. The Hall–Kier alpha value is -3.72. The van der Waals surface area contributed by atoms with E-state index in [-0.39, 0.29) is 40.2 Å². The first kappa shape index (κ1) is 37.5. The molecule has 2 aromatic carbocycles. The predicted molar refractivity (Wildman–Crippen MR) is 193 cm³/mol. The monoisotopic (exact) mass is 745 g/mol. The second-order valence-corrected chi connectivity index (χ2v) is 20.9. The van der Waals surface area contributed by atoms with Gasteiger partial charge in [0.2, 0.25) is 0 Å². The first-order chi connectivity index (χ1) is 23.6. The molecule has 2 heterocycles. The van der Waals surface area contributed by atoms with Crippen LogP contribution >= 0.6 is 11.6 Å². The van der Waals surface area contributed by atoms with Crippen molar-refractivity contribution in [3.8, 4) is 17.2 Å². The van der Waals surface area contributed by atoms with Crippen LogP contribution in [0.3, 0.4) is 0 Å². The molecule has 0 saturated heterocycles. The number of sulfonamides is 1. The van der Waals surface area contributed by atoms with Crippen LogP contribution in [0.2, 0.25) is 23.2 Å². The first-order valence-electron chi connectivity index (χ1n) is 16.4. The molecule has 270 valence electrons. The number of aryl methyl sites for hydroxylation is 1. The van der Waals surface area contributed by atoms with Gasteiger partial charge in [0.15, 0.2) is 8.32 Å². The van der Waals surface area contributed by atoms with Crippen LogP contribution in [-0.2, 0) is 28.0 Å². The van der Waals surface area contributed by atoms with E-state index >= 15 is 4.39 Å². The van der Waals surface area contributed by atoms with Crippen molar-refractivity contribution in [2.75, 3.05) is 18.5 Å². The molecule has 4 aromatic rings. The lowest BCUT2D eigenvalue weighted by Crippen LogP contribution is -2.47. The number of rotatable bonds is 12. The number of methoxy groups -OCH3 is 2. The van der Waals surface area contributed by atoms with Gasteiger partial charge in [-0.1, -0.05) is 32.4 Å². The summed E-state index contributed by atoms with van der Waals surface area (Å²) in [6, 6.07) is 10.5. The van der Waals surface area contributed by atoms with Crippen molar-refractivity contribution in [1.82, 2.24) is 19.7 Å². The molecular weight excluding hydrogens is 701 g/mol. The number of aromatic nitrogens is 4. The molecule has 1 fully saturated rings. The van der Waals surface area contributed by atoms with Crippen molar-refractivity contribution in [1.29, 1.82) is 0 Å². The predicted octanol–water partition coefficient (Wildman–Crippen LogP) is 7.52. The standard InChI is InChI=1S/C35H45ClFN5O6SSi/c1-35(2,3)50(7,8)48-25-11-12-26(29-13-16-40-41(29)4)31(18-25)47-32-20-28(37)33(19-27(32)36)49(43,44)42(34-14-15-38-22-39-34)21-23-9-10-24(45-5)17-30(23)46-6/h9-10,13-17,19-20,22,25-26,31H,11-12,18,21H2,1-8H3/t25-,26+,31-/m0/s1. The topological polar surface area (TPSA) is 118 Å². The number of anilines is 1. The number of nitrogens with zero attached hydrogens (tertiary/aromatic N) is 5. The second kappa shape index (κ2) is 14.9. The highest BCUT2D eigenvalue weighted by atomic mass is 35.5. The van der Waals surface area contributed by atoms with Crippen LogP contribution in [0.4, 0.5) is 10.2 Å². The van der Waals surface area contributed by atoms with Gasteiger partial charge < -0.3 is 18.6 Å². The Kier molecular flexibility index (Phi) is 11.2. The minimum absolute atomic E-state index is 0.0220. The van der Waals surface area contributed by atoms with Gasteiger partial charge in [-0.25, -0.2) is 27.1 Å². The van der Waals surface area contributed by atoms with Crippen LogP contribution in [0.5, 0.6) is 17.2 Å². The van der Waals surface area contributed by atoms with Crippen molar-refractivity contribution in [2.24, 2.45) is 7.05 Å². The SMILES string of the molecule is COc1ccc(CN(c2ccncn2)S(=O)(=O)c2cc(Cl)c(O[C@H]3C[C@@H](O[Si](C)(C)C(C)(C)C)CC[C@@H]3c3ccnn3C)cc2F)c(OC)c1. The molecule has 1 aliphatic carbocycles. The molecule has 11 nitrogen and oxygen atoms in total. The van der Waals surface area contributed by atoms with Crippen LogP contribution in [0.15, 0.2) is 66.1 Å². The van der Waals surface area contributed by atoms with E-state index in [2.05, 4.69) is 48.9 Å². The quantitative estimate of drug-likeness (QED) is 0.136. The fourth-order valence-corrected chi connectivity index (χ4v) is 9.09. The summed E-state index contributed by atoms with van der Waals surface area (Å²) in [4.78, 5) is 7.45. The molecule has 0 aliphatic heterocycles. The van der Waals surface area contributed by atoms with Crippen LogP contribution in [0.25, 0.3) is 0 Å². The van der Waals surface area contributed by atoms with Crippen LogP contribution in [0, 0.1) is 5.82 Å². The number of hydrogen-bond donors (Lipinski definition) is 0. The van der Waals surface area contributed by atoms with Gasteiger partial charge in [0.1, 0.15) is 46.2 Å². The van der Waals surface area contributed by atoms with Crippen molar-refractivity contribution in [2.45, 2.75) is 87.7 Å². The molecule has 2 aromatic heterocycles. The zero-order valence-electron chi connectivity index (χ0n) is 29.7. The number of hydrogen-bond acceptors (Lipinski definition) is 9. The van der Waals surface area contributed by atoms with E-state index in [1.54, 1.807) is 24.4 Å². The fourth-order valence-electron chi connectivity index (χ4n) is 5.95. The van der Waals surface area contributed by atoms with E-state index in [0.29, 0.717) is 23.5 Å². The van der Waals surface area contributed by atoms with Gasteiger partial charge in [0.05, 0.1) is 25.8 Å². The highest BCUT2D eigenvalue weighted by Gasteiger charge is 2.43. The molecule has 0 spiro atoms. The average Bonchev–Trinajstić information content (AvgIpc) is 3.50. The van der Waals surface area contributed by atoms with Gasteiger partial charge in [-0.2, -0.15) is 5.10 Å². The highest BCUT2D eigenvalue weighted by molar-refractivity contribution is 7.92. The highest BCUT2D eigenvalue weighted by Crippen LogP contribution is 2.43. The molecule has 0 bridgehead atoms. The summed E-state index contributed by atoms with van der Waals surface area (Å²) in [5, 5.41) is 4.33.